The van der Waals surface area contributed by atoms with Gasteiger partial charge in [-0.05, 0) is 40.0 Å². The van der Waals surface area contributed by atoms with E-state index in [2.05, 4.69) is 30.0 Å². The van der Waals surface area contributed by atoms with Crippen molar-refractivity contribution in [2.45, 2.75) is 72.3 Å². The zero-order valence-electron chi connectivity index (χ0n) is 12.9. The van der Waals surface area contributed by atoms with Gasteiger partial charge in [-0.15, -0.1) is 9.24 Å². The van der Waals surface area contributed by atoms with Crippen LogP contribution >= 0.6 is 9.24 Å². The van der Waals surface area contributed by atoms with Gasteiger partial charge in [-0.2, -0.15) is 5.06 Å². The molecule has 0 heterocycles. The van der Waals surface area contributed by atoms with Crippen molar-refractivity contribution in [3.8, 4) is 0 Å². The van der Waals surface area contributed by atoms with Crippen LogP contribution in [-0.4, -0.2) is 33.1 Å². The van der Waals surface area contributed by atoms with E-state index in [1.54, 1.807) is 18.9 Å². The summed E-state index contributed by atoms with van der Waals surface area (Å²) in [5.74, 6) is -0.959. The maximum Gasteiger partial charge on any atom is 0.337 e. The fourth-order valence-corrected chi connectivity index (χ4v) is 1.76. The zero-order chi connectivity index (χ0) is 14.9. The van der Waals surface area contributed by atoms with Crippen LogP contribution in [0.15, 0.2) is 0 Å². The van der Waals surface area contributed by atoms with Crippen LogP contribution in [0.4, 0.5) is 0 Å². The van der Waals surface area contributed by atoms with Crippen LogP contribution in [0.5, 0.6) is 0 Å². The van der Waals surface area contributed by atoms with Gasteiger partial charge in [-0.1, -0.05) is 20.8 Å². The Balaban J connectivity index is 5.24. The highest BCUT2D eigenvalue weighted by Crippen LogP contribution is 2.35. The van der Waals surface area contributed by atoms with Gasteiger partial charge in [0.2, 0.25) is 0 Å². The summed E-state index contributed by atoms with van der Waals surface area (Å²) < 4.78 is 0. The molecule has 2 atom stereocenters. The topological polar surface area (TPSA) is 49.8 Å². The van der Waals surface area contributed by atoms with Crippen molar-refractivity contribution in [2.24, 2.45) is 5.41 Å². The molecule has 0 saturated heterocycles. The third-order valence-electron chi connectivity index (χ3n) is 2.64. The Labute approximate surface area is 113 Å². The lowest BCUT2D eigenvalue weighted by Crippen LogP contribution is -2.55. The second kappa shape index (κ2) is 5.44. The van der Waals surface area contributed by atoms with Crippen molar-refractivity contribution in [3.63, 3.8) is 0 Å². The minimum Gasteiger partial charge on any atom is -0.479 e. The molecule has 0 aromatic heterocycles. The summed E-state index contributed by atoms with van der Waals surface area (Å²) in [5, 5.41) is 11.0. The lowest BCUT2D eigenvalue weighted by Gasteiger charge is -2.46. The van der Waals surface area contributed by atoms with Gasteiger partial charge >= 0.3 is 5.97 Å². The second-order valence-electron chi connectivity index (χ2n) is 7.21. The highest BCUT2D eigenvalue weighted by Gasteiger charge is 2.40. The second-order valence-corrected chi connectivity index (χ2v) is 7.85. The molecule has 18 heavy (non-hydrogen) atoms. The molecule has 2 unspecified atom stereocenters. The lowest BCUT2D eigenvalue weighted by atomic mass is 9.94. The summed E-state index contributed by atoms with van der Waals surface area (Å²) >= 11 is 0. The van der Waals surface area contributed by atoms with Crippen LogP contribution in [-0.2, 0) is 9.63 Å². The summed E-state index contributed by atoms with van der Waals surface area (Å²) in [7, 11) is 2.75. The number of hydroxylamine groups is 2. The summed E-state index contributed by atoms with van der Waals surface area (Å²) in [6, 6.07) is 0. The molecule has 0 aliphatic carbocycles. The van der Waals surface area contributed by atoms with Crippen molar-refractivity contribution < 1.29 is 14.7 Å². The van der Waals surface area contributed by atoms with Gasteiger partial charge < -0.3 is 5.11 Å². The number of carboxylic acids is 1. The molecule has 0 aromatic carbocycles. The number of aliphatic carboxylic acids is 1. The molecule has 0 saturated carbocycles. The van der Waals surface area contributed by atoms with E-state index in [0.29, 0.717) is 0 Å². The number of nitrogens with zero attached hydrogens (tertiary/aromatic N) is 1. The van der Waals surface area contributed by atoms with Gasteiger partial charge in [-0.3, -0.25) is 4.84 Å². The Hall–Kier alpha value is -0.180. The molecule has 0 aromatic rings. The Morgan fingerprint density at radius 1 is 1.11 bits per heavy atom. The van der Waals surface area contributed by atoms with Crippen LogP contribution in [0.1, 0.15) is 55.4 Å². The third-order valence-corrected chi connectivity index (χ3v) is 3.91. The molecular formula is C13H28NO3P. The zero-order valence-corrected chi connectivity index (χ0v) is 14.0. The molecule has 0 amide bonds. The molecule has 0 bridgehead atoms. The predicted octanol–water partition coefficient (Wildman–Crippen LogP) is 3.13. The van der Waals surface area contributed by atoms with Crippen LogP contribution in [0.2, 0.25) is 0 Å². The fraction of sp³-hybridized carbons (Fsp3) is 0.923. The van der Waals surface area contributed by atoms with Crippen molar-refractivity contribution in [1.29, 1.82) is 0 Å². The SMILES string of the molecule is CC(C)(ON(C(P)C(C)(C)C)C(C)(C)C)C(=O)O. The van der Waals surface area contributed by atoms with E-state index in [0.717, 1.165) is 0 Å². The molecule has 0 aliphatic heterocycles. The minimum atomic E-state index is -1.24. The van der Waals surface area contributed by atoms with Crippen LogP contribution in [0.3, 0.4) is 0 Å². The van der Waals surface area contributed by atoms with E-state index in [1.807, 2.05) is 20.8 Å². The maximum absolute atomic E-state index is 11.2. The molecule has 0 radical (unpaired) electrons. The van der Waals surface area contributed by atoms with E-state index < -0.39 is 11.6 Å². The average Bonchev–Trinajstić information content (AvgIpc) is 2.09. The molecule has 0 aliphatic rings. The number of rotatable bonds is 4. The predicted molar refractivity (Wildman–Crippen MR) is 77.3 cm³/mol. The Kier molecular flexibility index (Phi) is 5.38. The summed E-state index contributed by atoms with van der Waals surface area (Å²) in [5.41, 5.74) is -1.56. The van der Waals surface area contributed by atoms with Gasteiger partial charge in [0.25, 0.3) is 0 Å². The van der Waals surface area contributed by atoms with Gasteiger partial charge in [0.1, 0.15) is 0 Å². The van der Waals surface area contributed by atoms with E-state index in [9.17, 15) is 9.90 Å². The van der Waals surface area contributed by atoms with Crippen LogP contribution < -0.4 is 0 Å². The van der Waals surface area contributed by atoms with Crippen molar-refractivity contribution in [2.75, 3.05) is 0 Å². The first-order valence-corrected chi connectivity index (χ1v) is 6.83. The Bertz CT molecular complexity index is 302. The van der Waals surface area contributed by atoms with E-state index in [4.69, 9.17) is 4.84 Å². The normalized spacial score (nSPS) is 15.9. The Morgan fingerprint density at radius 3 is 1.72 bits per heavy atom. The van der Waals surface area contributed by atoms with E-state index >= 15 is 0 Å². The van der Waals surface area contributed by atoms with Crippen molar-refractivity contribution in [1.82, 2.24) is 5.06 Å². The first-order valence-electron chi connectivity index (χ1n) is 6.17. The average molecular weight is 277 g/mol. The van der Waals surface area contributed by atoms with Gasteiger partial charge in [0.15, 0.2) is 5.60 Å². The molecule has 5 heteroatoms. The molecule has 108 valence electrons. The smallest absolute Gasteiger partial charge is 0.337 e. The van der Waals surface area contributed by atoms with E-state index in [1.165, 1.54) is 0 Å². The minimum absolute atomic E-state index is 0.0103. The highest BCUT2D eigenvalue weighted by atomic mass is 31.0. The maximum atomic E-state index is 11.2. The van der Waals surface area contributed by atoms with E-state index in [-0.39, 0.29) is 16.7 Å². The number of hydrogen-bond donors (Lipinski definition) is 1. The highest BCUT2D eigenvalue weighted by molar-refractivity contribution is 7.17. The molecular weight excluding hydrogens is 249 g/mol. The number of carboxylic acid groups (broad SMARTS) is 1. The monoisotopic (exact) mass is 277 g/mol. The van der Waals surface area contributed by atoms with Gasteiger partial charge in [0, 0.05) is 5.54 Å². The fourth-order valence-electron chi connectivity index (χ4n) is 1.25. The summed E-state index contributed by atoms with van der Waals surface area (Å²) in [4.78, 5) is 17.0. The van der Waals surface area contributed by atoms with Gasteiger partial charge in [-0.25, -0.2) is 4.79 Å². The molecule has 1 N–H and O–H groups in total. The number of carbonyl (C=O) groups is 1. The van der Waals surface area contributed by atoms with Crippen LogP contribution in [0.25, 0.3) is 0 Å². The van der Waals surface area contributed by atoms with Gasteiger partial charge in [0.05, 0.1) is 5.78 Å². The largest absolute Gasteiger partial charge is 0.479 e. The standard InChI is InChI=1S/C13H28NO3P/c1-11(2,3)9(18)14(12(4,5)6)17-13(7,8)10(15)16/h9H,18H2,1-8H3,(H,15,16). The molecule has 0 spiro atoms. The molecule has 0 rings (SSSR count). The molecule has 0 fully saturated rings. The quantitative estimate of drug-likeness (QED) is 0.633. The van der Waals surface area contributed by atoms with Crippen molar-refractivity contribution in [3.05, 3.63) is 0 Å². The van der Waals surface area contributed by atoms with Crippen LogP contribution in [0, 0.1) is 5.41 Å². The summed E-state index contributed by atoms with van der Waals surface area (Å²) in [6.45, 7) is 15.4. The first-order chi connectivity index (χ1) is 7.69. The third kappa shape index (κ3) is 4.83. The lowest BCUT2D eigenvalue weighted by molar-refractivity contribution is -0.287. The van der Waals surface area contributed by atoms with Crippen molar-refractivity contribution >= 4 is 15.2 Å². The first kappa shape index (κ1) is 17.8. The summed E-state index contributed by atoms with van der Waals surface area (Å²) in [6.07, 6.45) is 0. The number of hydrogen-bond acceptors (Lipinski definition) is 3. The molecule has 4 nitrogen and oxygen atoms in total. The Morgan fingerprint density at radius 2 is 1.50 bits per heavy atom.